The molecule has 0 saturated heterocycles. The Bertz CT molecular complexity index is 534. The molecule has 0 aliphatic carbocycles. The van der Waals surface area contributed by atoms with Gasteiger partial charge in [0.05, 0.1) is 10.7 Å². The standard InChI is InChI=1S/C16H20ClNO2/c1-5-7-12-10-11-8-6-9-13(17)14(11)18(12)15(19)20-16(2,3)4/h5-6,8-9,12H,1,7,10H2,2-4H3/t12-/m1/s1. The molecular formula is C16H20ClNO2. The fourth-order valence-corrected chi connectivity index (χ4v) is 2.74. The van der Waals surface area contributed by atoms with Crippen molar-refractivity contribution in [1.82, 2.24) is 0 Å². The van der Waals surface area contributed by atoms with Gasteiger partial charge in [-0.25, -0.2) is 4.79 Å². The van der Waals surface area contributed by atoms with Gasteiger partial charge < -0.3 is 4.74 Å². The fourth-order valence-electron chi connectivity index (χ4n) is 2.45. The number of anilines is 1. The van der Waals surface area contributed by atoms with Gasteiger partial charge in [0.1, 0.15) is 5.60 Å². The van der Waals surface area contributed by atoms with Crippen molar-refractivity contribution in [2.75, 3.05) is 4.90 Å². The molecule has 1 aromatic rings. The van der Waals surface area contributed by atoms with Crippen molar-refractivity contribution in [3.63, 3.8) is 0 Å². The number of amides is 1. The van der Waals surface area contributed by atoms with Crippen LogP contribution in [0.25, 0.3) is 0 Å². The van der Waals surface area contributed by atoms with E-state index in [1.165, 1.54) is 0 Å². The largest absolute Gasteiger partial charge is 0.443 e. The monoisotopic (exact) mass is 293 g/mol. The lowest BCUT2D eigenvalue weighted by molar-refractivity contribution is 0.0570. The van der Waals surface area contributed by atoms with Gasteiger partial charge in [0.25, 0.3) is 0 Å². The number of carbonyl (C=O) groups excluding carboxylic acids is 1. The van der Waals surface area contributed by atoms with Crippen LogP contribution in [-0.2, 0) is 11.2 Å². The Labute approximate surface area is 125 Å². The molecule has 3 nitrogen and oxygen atoms in total. The predicted molar refractivity (Wildman–Crippen MR) is 82.5 cm³/mol. The Morgan fingerprint density at radius 1 is 1.55 bits per heavy atom. The predicted octanol–water partition coefficient (Wildman–Crippen LogP) is 4.58. The molecule has 0 aromatic heterocycles. The van der Waals surface area contributed by atoms with Crippen LogP contribution in [0.1, 0.15) is 32.8 Å². The number of hydrogen-bond donors (Lipinski definition) is 0. The smallest absolute Gasteiger partial charge is 0.415 e. The first-order chi connectivity index (χ1) is 9.33. The van der Waals surface area contributed by atoms with Crippen molar-refractivity contribution in [1.29, 1.82) is 0 Å². The van der Waals surface area contributed by atoms with Gasteiger partial charge >= 0.3 is 6.09 Å². The number of halogens is 1. The molecule has 1 atom stereocenters. The van der Waals surface area contributed by atoms with Crippen molar-refractivity contribution in [3.8, 4) is 0 Å². The third kappa shape index (κ3) is 2.98. The molecule has 1 heterocycles. The summed E-state index contributed by atoms with van der Waals surface area (Å²) < 4.78 is 5.50. The highest BCUT2D eigenvalue weighted by atomic mass is 35.5. The summed E-state index contributed by atoms with van der Waals surface area (Å²) in [6, 6.07) is 5.73. The van der Waals surface area contributed by atoms with Crippen LogP contribution in [0.15, 0.2) is 30.9 Å². The van der Waals surface area contributed by atoms with Crippen LogP contribution in [0.5, 0.6) is 0 Å². The first kappa shape index (κ1) is 14.9. The third-order valence-electron chi connectivity index (χ3n) is 3.16. The van der Waals surface area contributed by atoms with Gasteiger partial charge in [-0.05, 0) is 45.2 Å². The number of fused-ring (bicyclic) bond motifs is 1. The summed E-state index contributed by atoms with van der Waals surface area (Å²) in [4.78, 5) is 14.1. The molecule has 0 unspecified atom stereocenters. The van der Waals surface area contributed by atoms with E-state index in [1.54, 1.807) is 11.0 Å². The Morgan fingerprint density at radius 2 is 2.25 bits per heavy atom. The molecule has 0 fully saturated rings. The summed E-state index contributed by atoms with van der Waals surface area (Å²) in [5.41, 5.74) is 1.32. The van der Waals surface area contributed by atoms with Gasteiger partial charge in [-0.1, -0.05) is 29.8 Å². The maximum Gasteiger partial charge on any atom is 0.415 e. The summed E-state index contributed by atoms with van der Waals surface area (Å²) >= 11 is 6.27. The molecular weight excluding hydrogens is 274 g/mol. The maximum absolute atomic E-state index is 12.5. The normalized spacial score (nSPS) is 17.8. The van der Waals surface area contributed by atoms with E-state index in [-0.39, 0.29) is 12.1 Å². The SMILES string of the molecule is C=CC[C@@H]1Cc2cccc(Cl)c2N1C(=O)OC(C)(C)C. The lowest BCUT2D eigenvalue weighted by atomic mass is 10.1. The molecule has 0 saturated carbocycles. The Balaban J connectivity index is 2.37. The minimum Gasteiger partial charge on any atom is -0.443 e. The van der Waals surface area contributed by atoms with E-state index in [9.17, 15) is 4.79 Å². The Hall–Kier alpha value is -1.48. The number of para-hydroxylation sites is 1. The van der Waals surface area contributed by atoms with Crippen molar-refractivity contribution in [2.45, 2.75) is 45.3 Å². The van der Waals surface area contributed by atoms with E-state index in [0.29, 0.717) is 11.4 Å². The molecule has 108 valence electrons. The van der Waals surface area contributed by atoms with E-state index in [2.05, 4.69) is 6.58 Å². The maximum atomic E-state index is 12.5. The van der Waals surface area contributed by atoms with E-state index in [0.717, 1.165) is 17.7 Å². The molecule has 0 radical (unpaired) electrons. The Kier molecular flexibility index (Phi) is 4.09. The second kappa shape index (κ2) is 5.49. The molecule has 0 N–H and O–H groups in total. The van der Waals surface area contributed by atoms with Gasteiger partial charge in [-0.15, -0.1) is 6.58 Å². The summed E-state index contributed by atoms with van der Waals surface area (Å²) in [7, 11) is 0. The molecule has 0 spiro atoms. The van der Waals surface area contributed by atoms with Gasteiger partial charge in [0.15, 0.2) is 0 Å². The van der Waals surface area contributed by atoms with Crippen molar-refractivity contribution in [3.05, 3.63) is 41.4 Å². The number of nitrogens with zero attached hydrogens (tertiary/aromatic N) is 1. The lowest BCUT2D eigenvalue weighted by Crippen LogP contribution is -2.41. The average Bonchev–Trinajstić information content (AvgIpc) is 2.67. The van der Waals surface area contributed by atoms with Gasteiger partial charge in [-0.2, -0.15) is 0 Å². The molecule has 1 aliphatic heterocycles. The number of rotatable bonds is 2. The van der Waals surface area contributed by atoms with Crippen molar-refractivity contribution >= 4 is 23.4 Å². The van der Waals surface area contributed by atoms with Crippen molar-refractivity contribution < 1.29 is 9.53 Å². The summed E-state index contributed by atoms with van der Waals surface area (Å²) in [6.07, 6.45) is 2.96. The number of ether oxygens (including phenoxy) is 1. The zero-order chi connectivity index (χ0) is 14.9. The highest BCUT2D eigenvalue weighted by Crippen LogP contribution is 2.40. The topological polar surface area (TPSA) is 29.5 Å². The first-order valence-electron chi connectivity index (χ1n) is 6.74. The quantitative estimate of drug-likeness (QED) is 0.747. The lowest BCUT2D eigenvalue weighted by Gasteiger charge is -2.29. The van der Waals surface area contributed by atoms with Crippen molar-refractivity contribution in [2.24, 2.45) is 0 Å². The number of carbonyl (C=O) groups is 1. The van der Waals surface area contributed by atoms with E-state index in [4.69, 9.17) is 16.3 Å². The molecule has 1 amide bonds. The van der Waals surface area contributed by atoms with Crippen LogP contribution in [-0.4, -0.2) is 17.7 Å². The fraction of sp³-hybridized carbons (Fsp3) is 0.438. The number of benzene rings is 1. The molecule has 20 heavy (non-hydrogen) atoms. The Morgan fingerprint density at radius 3 is 2.85 bits per heavy atom. The van der Waals surface area contributed by atoms with Crippen LogP contribution in [0.4, 0.5) is 10.5 Å². The van der Waals surface area contributed by atoms with Gasteiger partial charge in [-0.3, -0.25) is 4.90 Å². The van der Waals surface area contributed by atoms with Crippen LogP contribution >= 0.6 is 11.6 Å². The van der Waals surface area contributed by atoms with Crippen LogP contribution in [0, 0.1) is 0 Å². The molecule has 0 bridgehead atoms. The summed E-state index contributed by atoms with van der Waals surface area (Å²) in [6.45, 7) is 9.34. The average molecular weight is 294 g/mol. The minimum absolute atomic E-state index is 0.0252. The second-order valence-electron chi connectivity index (χ2n) is 5.98. The molecule has 2 rings (SSSR count). The van der Waals surface area contributed by atoms with Crippen LogP contribution in [0.2, 0.25) is 5.02 Å². The van der Waals surface area contributed by atoms with E-state index < -0.39 is 5.60 Å². The van der Waals surface area contributed by atoms with E-state index >= 15 is 0 Å². The van der Waals surface area contributed by atoms with Gasteiger partial charge in [0.2, 0.25) is 0 Å². The zero-order valence-electron chi connectivity index (χ0n) is 12.1. The first-order valence-corrected chi connectivity index (χ1v) is 7.12. The molecule has 4 heteroatoms. The van der Waals surface area contributed by atoms with Crippen LogP contribution in [0.3, 0.4) is 0 Å². The summed E-state index contributed by atoms with van der Waals surface area (Å²) in [5, 5.41) is 0.583. The van der Waals surface area contributed by atoms with E-state index in [1.807, 2.05) is 39.0 Å². The zero-order valence-corrected chi connectivity index (χ0v) is 12.9. The highest BCUT2D eigenvalue weighted by Gasteiger charge is 2.37. The van der Waals surface area contributed by atoms with Crippen LogP contribution < -0.4 is 4.90 Å². The number of hydrogen-bond acceptors (Lipinski definition) is 2. The minimum atomic E-state index is -0.528. The van der Waals surface area contributed by atoms with Gasteiger partial charge in [0, 0.05) is 6.04 Å². The highest BCUT2D eigenvalue weighted by molar-refractivity contribution is 6.34. The third-order valence-corrected chi connectivity index (χ3v) is 3.47. The second-order valence-corrected chi connectivity index (χ2v) is 6.39. The summed E-state index contributed by atoms with van der Waals surface area (Å²) in [5.74, 6) is 0. The molecule has 1 aliphatic rings. The molecule has 1 aromatic carbocycles.